The minimum Gasteiger partial charge on any atom is -0.377 e. The summed E-state index contributed by atoms with van der Waals surface area (Å²) < 4.78 is 7.30. The lowest BCUT2D eigenvalue weighted by Gasteiger charge is -2.52. The molecule has 0 atom stereocenters. The van der Waals surface area contributed by atoms with Crippen LogP contribution in [0.4, 0.5) is 4.79 Å². The maximum Gasteiger partial charge on any atom is 0.326 e. The topological polar surface area (TPSA) is 49.7 Å². The first-order valence-electron chi connectivity index (χ1n) is 10.8. The average Bonchev–Trinajstić information content (AvgIpc) is 3.03. The van der Waals surface area contributed by atoms with E-state index in [0.717, 1.165) is 44.8 Å². The van der Waals surface area contributed by atoms with E-state index >= 15 is 0 Å². The molecule has 29 heavy (non-hydrogen) atoms. The van der Waals surface area contributed by atoms with Crippen molar-refractivity contribution in [1.82, 2.24) is 19.7 Å². The van der Waals surface area contributed by atoms with Gasteiger partial charge in [-0.25, -0.2) is 4.79 Å². The molecule has 0 unspecified atom stereocenters. The van der Waals surface area contributed by atoms with Crippen LogP contribution >= 0.6 is 0 Å². The number of nitrogens with one attached hydrogen (secondary N) is 1. The van der Waals surface area contributed by atoms with Crippen molar-refractivity contribution in [2.24, 2.45) is 0 Å². The number of carbonyl (C=O) groups excluding carboxylic acids is 1. The Labute approximate surface area is 173 Å². The van der Waals surface area contributed by atoms with Crippen molar-refractivity contribution in [1.29, 1.82) is 0 Å². The van der Waals surface area contributed by atoms with E-state index in [1.807, 2.05) is 6.20 Å². The van der Waals surface area contributed by atoms with E-state index < -0.39 is 0 Å². The van der Waals surface area contributed by atoms with Crippen LogP contribution in [0.25, 0.3) is 10.9 Å². The van der Waals surface area contributed by atoms with Crippen LogP contribution in [-0.2, 0) is 11.2 Å². The van der Waals surface area contributed by atoms with E-state index in [9.17, 15) is 4.79 Å². The standard InChI is InChI=1S/C23H34N4O2/c1-18-6-7-21-20(14-18)19(8-12-25(2)3)15-27(21)22(28)24-10-13-26-11-5-4-9-23(26)16-29-17-23/h6-7,14-15H,4-5,8-13,16-17H2,1-3H3,(H,24,28). The summed E-state index contributed by atoms with van der Waals surface area (Å²) in [6.07, 6.45) is 6.70. The smallest absolute Gasteiger partial charge is 0.326 e. The van der Waals surface area contributed by atoms with Crippen LogP contribution in [0, 0.1) is 6.92 Å². The molecule has 1 amide bonds. The van der Waals surface area contributed by atoms with Crippen LogP contribution in [-0.4, -0.2) is 79.4 Å². The quantitative estimate of drug-likeness (QED) is 0.813. The van der Waals surface area contributed by atoms with Gasteiger partial charge < -0.3 is 15.0 Å². The maximum atomic E-state index is 13.0. The number of likely N-dealkylation sites (N-methyl/N-ethyl adjacent to an activating group) is 1. The lowest BCUT2D eigenvalue weighted by molar-refractivity contribution is -0.155. The summed E-state index contributed by atoms with van der Waals surface area (Å²) in [5, 5.41) is 4.33. The minimum atomic E-state index is -0.0362. The average molecular weight is 399 g/mol. The van der Waals surface area contributed by atoms with Gasteiger partial charge in [-0.1, -0.05) is 18.1 Å². The molecule has 4 rings (SSSR count). The number of aromatic nitrogens is 1. The molecule has 2 aliphatic heterocycles. The summed E-state index contributed by atoms with van der Waals surface area (Å²) in [6, 6.07) is 6.30. The molecule has 2 saturated heterocycles. The number of benzene rings is 1. The Kier molecular flexibility index (Phi) is 5.95. The van der Waals surface area contributed by atoms with Gasteiger partial charge in [-0.15, -0.1) is 0 Å². The first-order chi connectivity index (χ1) is 14.0. The zero-order chi connectivity index (χ0) is 20.4. The molecule has 1 spiro atoms. The lowest BCUT2D eigenvalue weighted by atomic mass is 9.85. The molecular weight excluding hydrogens is 364 g/mol. The number of ether oxygens (including phenoxy) is 1. The van der Waals surface area contributed by atoms with Crippen molar-refractivity contribution in [3.8, 4) is 0 Å². The third-order valence-electron chi connectivity index (χ3n) is 6.48. The number of rotatable bonds is 6. The van der Waals surface area contributed by atoms with Gasteiger partial charge in [-0.3, -0.25) is 9.47 Å². The fourth-order valence-corrected chi connectivity index (χ4v) is 4.67. The SMILES string of the molecule is Cc1ccc2c(c1)c(CCN(C)C)cn2C(=O)NCCN1CCCCC12COC2. The molecule has 0 saturated carbocycles. The van der Waals surface area contributed by atoms with Crippen LogP contribution in [0.1, 0.15) is 30.4 Å². The molecule has 1 aromatic carbocycles. The molecule has 0 aliphatic carbocycles. The summed E-state index contributed by atoms with van der Waals surface area (Å²) in [6.45, 7) is 7.42. The Morgan fingerprint density at radius 1 is 1.28 bits per heavy atom. The second-order valence-electron chi connectivity index (χ2n) is 8.99. The molecule has 2 aromatic rings. The van der Waals surface area contributed by atoms with Crippen molar-refractivity contribution in [2.45, 2.75) is 38.1 Å². The Morgan fingerprint density at radius 3 is 2.83 bits per heavy atom. The van der Waals surface area contributed by atoms with Gasteiger partial charge in [0.1, 0.15) is 0 Å². The number of piperidine rings is 1. The van der Waals surface area contributed by atoms with Crippen LogP contribution in [0.15, 0.2) is 24.4 Å². The molecule has 158 valence electrons. The van der Waals surface area contributed by atoms with Crippen molar-refractivity contribution in [3.63, 3.8) is 0 Å². The Bertz CT molecular complexity index is 869. The molecular formula is C23H34N4O2. The van der Waals surface area contributed by atoms with Crippen LogP contribution in [0.5, 0.6) is 0 Å². The number of aryl methyl sites for hydroxylation is 1. The van der Waals surface area contributed by atoms with Gasteiger partial charge in [0.15, 0.2) is 0 Å². The second-order valence-corrected chi connectivity index (χ2v) is 8.99. The highest BCUT2D eigenvalue weighted by Crippen LogP contribution is 2.34. The van der Waals surface area contributed by atoms with Gasteiger partial charge in [-0.05, 0) is 64.5 Å². The highest BCUT2D eigenvalue weighted by Gasteiger charge is 2.44. The number of amides is 1. The molecule has 6 heteroatoms. The van der Waals surface area contributed by atoms with E-state index in [1.54, 1.807) is 4.57 Å². The van der Waals surface area contributed by atoms with Gasteiger partial charge in [0.05, 0.1) is 24.3 Å². The zero-order valence-corrected chi connectivity index (χ0v) is 18.0. The number of carbonyl (C=O) groups is 1. The molecule has 1 N–H and O–H groups in total. The van der Waals surface area contributed by atoms with Gasteiger partial charge in [-0.2, -0.15) is 0 Å². The van der Waals surface area contributed by atoms with E-state index in [0.29, 0.717) is 6.54 Å². The number of likely N-dealkylation sites (tertiary alicyclic amines) is 1. The summed E-state index contributed by atoms with van der Waals surface area (Å²) >= 11 is 0. The minimum absolute atomic E-state index is 0.0362. The summed E-state index contributed by atoms with van der Waals surface area (Å²) in [5.74, 6) is 0. The first kappa shape index (κ1) is 20.4. The van der Waals surface area contributed by atoms with Crippen molar-refractivity contribution < 1.29 is 9.53 Å². The van der Waals surface area contributed by atoms with E-state index in [4.69, 9.17) is 4.74 Å². The van der Waals surface area contributed by atoms with Crippen LogP contribution in [0.3, 0.4) is 0 Å². The summed E-state index contributed by atoms with van der Waals surface area (Å²) in [5.41, 5.74) is 3.68. The maximum absolute atomic E-state index is 13.0. The zero-order valence-electron chi connectivity index (χ0n) is 18.0. The third-order valence-corrected chi connectivity index (χ3v) is 6.48. The number of hydrogen-bond acceptors (Lipinski definition) is 4. The number of nitrogens with zero attached hydrogens (tertiary/aromatic N) is 3. The Hall–Kier alpha value is -1.89. The van der Waals surface area contributed by atoms with E-state index in [1.165, 1.54) is 35.8 Å². The fourth-order valence-electron chi connectivity index (χ4n) is 4.67. The number of hydrogen-bond donors (Lipinski definition) is 1. The molecule has 0 bridgehead atoms. The molecule has 2 fully saturated rings. The van der Waals surface area contributed by atoms with Crippen LogP contribution in [0.2, 0.25) is 0 Å². The molecule has 2 aliphatic rings. The lowest BCUT2D eigenvalue weighted by Crippen LogP contribution is -2.65. The first-order valence-corrected chi connectivity index (χ1v) is 10.8. The largest absolute Gasteiger partial charge is 0.377 e. The predicted molar refractivity (Wildman–Crippen MR) is 117 cm³/mol. The highest BCUT2D eigenvalue weighted by atomic mass is 16.5. The molecule has 0 radical (unpaired) electrons. The predicted octanol–water partition coefficient (Wildman–Crippen LogP) is 2.87. The second kappa shape index (κ2) is 8.46. The van der Waals surface area contributed by atoms with Gasteiger partial charge >= 0.3 is 6.03 Å². The molecule has 6 nitrogen and oxygen atoms in total. The van der Waals surface area contributed by atoms with Crippen molar-refractivity contribution in [3.05, 3.63) is 35.5 Å². The third kappa shape index (κ3) is 4.20. The fraction of sp³-hybridized carbons (Fsp3) is 0.609. The van der Waals surface area contributed by atoms with E-state index in [2.05, 4.69) is 54.3 Å². The summed E-state index contributed by atoms with van der Waals surface area (Å²) in [7, 11) is 4.16. The monoisotopic (exact) mass is 398 g/mol. The van der Waals surface area contributed by atoms with Gasteiger partial charge in [0, 0.05) is 31.2 Å². The Balaban J connectivity index is 1.44. The van der Waals surface area contributed by atoms with E-state index in [-0.39, 0.29) is 11.6 Å². The highest BCUT2D eigenvalue weighted by molar-refractivity contribution is 5.94. The van der Waals surface area contributed by atoms with Gasteiger partial charge in [0.25, 0.3) is 0 Å². The molecule has 1 aromatic heterocycles. The number of fused-ring (bicyclic) bond motifs is 1. The van der Waals surface area contributed by atoms with Crippen molar-refractivity contribution in [2.75, 3.05) is 53.5 Å². The summed E-state index contributed by atoms with van der Waals surface area (Å²) in [4.78, 5) is 17.7. The molecule has 3 heterocycles. The Morgan fingerprint density at radius 2 is 2.10 bits per heavy atom. The normalized spacial score (nSPS) is 19.0. The van der Waals surface area contributed by atoms with Crippen LogP contribution < -0.4 is 5.32 Å². The van der Waals surface area contributed by atoms with Gasteiger partial charge in [0.2, 0.25) is 0 Å². The van der Waals surface area contributed by atoms with Crippen molar-refractivity contribution >= 4 is 16.9 Å².